The fraction of sp³-hybridized carbons (Fsp3) is 0.500. The van der Waals surface area contributed by atoms with Crippen molar-refractivity contribution in [2.45, 2.75) is 32.4 Å². The van der Waals surface area contributed by atoms with Gasteiger partial charge in [0.05, 0.1) is 5.60 Å². The molecule has 2 rings (SSSR count). The Morgan fingerprint density at radius 1 is 1.50 bits per heavy atom. The second-order valence-corrected chi connectivity index (χ2v) is 5.23. The summed E-state index contributed by atoms with van der Waals surface area (Å²) in [5, 5.41) is 9.95. The number of rotatable bonds is 4. The van der Waals surface area contributed by atoms with Crippen molar-refractivity contribution in [2.75, 3.05) is 13.1 Å². The van der Waals surface area contributed by atoms with Gasteiger partial charge in [0.2, 0.25) is 5.91 Å². The Bertz CT molecular complexity index is 465. The molecule has 0 spiro atoms. The highest BCUT2D eigenvalue weighted by molar-refractivity contribution is 5.93. The van der Waals surface area contributed by atoms with Crippen molar-refractivity contribution >= 4 is 5.91 Å². The predicted molar refractivity (Wildman–Crippen MR) is 70.2 cm³/mol. The number of aryl methyl sites for hydroxylation is 1. The number of hydrogen-bond acceptors (Lipinski definition) is 3. The molecule has 1 heterocycles. The molecule has 4 nitrogen and oxygen atoms in total. The van der Waals surface area contributed by atoms with Gasteiger partial charge in [-0.15, -0.1) is 0 Å². The number of nitrogens with two attached hydrogens (primary N) is 1. The zero-order valence-corrected chi connectivity index (χ0v) is 10.9. The average Bonchev–Trinajstić information content (AvgIpc) is 2.29. The highest BCUT2D eigenvalue weighted by atomic mass is 16.3. The van der Waals surface area contributed by atoms with Gasteiger partial charge in [0, 0.05) is 25.2 Å². The van der Waals surface area contributed by atoms with Crippen molar-refractivity contribution in [3.8, 4) is 0 Å². The highest BCUT2D eigenvalue weighted by Crippen LogP contribution is 2.26. The van der Waals surface area contributed by atoms with E-state index in [-0.39, 0.29) is 0 Å². The molecule has 1 saturated heterocycles. The highest BCUT2D eigenvalue weighted by Gasteiger charge is 2.39. The Morgan fingerprint density at radius 2 is 2.17 bits per heavy atom. The molecule has 4 heteroatoms. The van der Waals surface area contributed by atoms with E-state index in [2.05, 4.69) is 4.90 Å². The molecular formula is C14H20N2O2. The number of aliphatic hydroxyl groups is 1. The number of carbonyl (C=O) groups is 1. The Morgan fingerprint density at radius 3 is 2.67 bits per heavy atom. The summed E-state index contributed by atoms with van der Waals surface area (Å²) < 4.78 is 0. The lowest BCUT2D eigenvalue weighted by atomic mass is 9.90. The van der Waals surface area contributed by atoms with Crippen molar-refractivity contribution in [2.24, 2.45) is 5.73 Å². The number of carbonyl (C=O) groups excluding carboxylic acids is 1. The van der Waals surface area contributed by atoms with Gasteiger partial charge in [0.25, 0.3) is 0 Å². The van der Waals surface area contributed by atoms with E-state index in [0.717, 1.165) is 31.6 Å². The van der Waals surface area contributed by atoms with Crippen LogP contribution in [0.15, 0.2) is 18.2 Å². The van der Waals surface area contributed by atoms with Crippen LogP contribution >= 0.6 is 0 Å². The Hall–Kier alpha value is -1.39. The molecule has 0 aliphatic carbocycles. The van der Waals surface area contributed by atoms with Gasteiger partial charge in [-0.2, -0.15) is 0 Å². The first-order chi connectivity index (χ1) is 8.43. The van der Waals surface area contributed by atoms with Crippen LogP contribution in [-0.4, -0.2) is 34.6 Å². The summed E-state index contributed by atoms with van der Waals surface area (Å²) in [6, 6.07) is 5.53. The molecule has 1 aliphatic heterocycles. The van der Waals surface area contributed by atoms with E-state index >= 15 is 0 Å². The van der Waals surface area contributed by atoms with E-state index in [0.29, 0.717) is 5.56 Å². The van der Waals surface area contributed by atoms with Gasteiger partial charge < -0.3 is 10.8 Å². The van der Waals surface area contributed by atoms with Crippen LogP contribution in [0.2, 0.25) is 0 Å². The summed E-state index contributed by atoms with van der Waals surface area (Å²) in [7, 11) is 0. The average molecular weight is 248 g/mol. The molecule has 1 aromatic carbocycles. The number of likely N-dealkylation sites (tertiary alicyclic amines) is 1. The van der Waals surface area contributed by atoms with Crippen LogP contribution in [0.4, 0.5) is 0 Å². The van der Waals surface area contributed by atoms with E-state index in [1.165, 1.54) is 5.56 Å². The minimum atomic E-state index is -0.499. The predicted octanol–water partition coefficient (Wildman–Crippen LogP) is 1.05. The molecular weight excluding hydrogens is 228 g/mol. The molecule has 1 aliphatic rings. The summed E-state index contributed by atoms with van der Waals surface area (Å²) in [6.07, 6.45) is 0.795. The van der Waals surface area contributed by atoms with Gasteiger partial charge in [-0.1, -0.05) is 13.0 Å². The van der Waals surface area contributed by atoms with E-state index in [9.17, 15) is 9.90 Å². The van der Waals surface area contributed by atoms with Gasteiger partial charge in [0.15, 0.2) is 0 Å². The van der Waals surface area contributed by atoms with Crippen LogP contribution in [0.1, 0.15) is 34.8 Å². The summed E-state index contributed by atoms with van der Waals surface area (Å²) >= 11 is 0. The third kappa shape index (κ3) is 2.54. The van der Waals surface area contributed by atoms with Crippen molar-refractivity contribution in [1.29, 1.82) is 0 Å². The van der Waals surface area contributed by atoms with Gasteiger partial charge in [-0.05, 0) is 36.6 Å². The summed E-state index contributed by atoms with van der Waals surface area (Å²) in [6.45, 7) is 6.24. The van der Waals surface area contributed by atoms with Crippen LogP contribution in [0, 0.1) is 6.92 Å². The van der Waals surface area contributed by atoms with Crippen LogP contribution in [-0.2, 0) is 6.54 Å². The van der Waals surface area contributed by atoms with Crippen LogP contribution in [0.5, 0.6) is 0 Å². The Balaban J connectivity index is 2.01. The first-order valence-corrected chi connectivity index (χ1v) is 6.27. The maximum absolute atomic E-state index is 11.1. The van der Waals surface area contributed by atoms with Crippen LogP contribution in [0.3, 0.4) is 0 Å². The zero-order chi connectivity index (χ0) is 13.3. The van der Waals surface area contributed by atoms with E-state index < -0.39 is 11.5 Å². The molecule has 3 N–H and O–H groups in total. The van der Waals surface area contributed by atoms with Crippen molar-refractivity contribution < 1.29 is 9.90 Å². The monoisotopic (exact) mass is 248 g/mol. The molecule has 1 aromatic rings. The number of hydrogen-bond donors (Lipinski definition) is 2. The molecule has 0 saturated carbocycles. The first kappa shape index (κ1) is 13.1. The van der Waals surface area contributed by atoms with Crippen molar-refractivity contribution in [1.82, 2.24) is 4.90 Å². The third-order valence-corrected chi connectivity index (χ3v) is 3.72. The zero-order valence-electron chi connectivity index (χ0n) is 10.9. The number of nitrogens with zero attached hydrogens (tertiary/aromatic N) is 1. The second kappa shape index (κ2) is 4.71. The number of benzene rings is 1. The maximum Gasteiger partial charge on any atom is 0.248 e. The number of amides is 1. The lowest BCUT2D eigenvalue weighted by Crippen LogP contribution is -2.60. The third-order valence-electron chi connectivity index (χ3n) is 3.72. The largest absolute Gasteiger partial charge is 0.387 e. The lowest BCUT2D eigenvalue weighted by Gasteiger charge is -2.46. The summed E-state index contributed by atoms with van der Waals surface area (Å²) in [5.41, 5.74) is 7.54. The van der Waals surface area contributed by atoms with Gasteiger partial charge >= 0.3 is 0 Å². The Labute approximate surface area is 107 Å². The number of primary amides is 1. The molecule has 0 aromatic heterocycles. The molecule has 0 atom stereocenters. The quantitative estimate of drug-likeness (QED) is 0.837. The Kier molecular flexibility index (Phi) is 3.41. The van der Waals surface area contributed by atoms with Gasteiger partial charge in [-0.3, -0.25) is 9.69 Å². The molecule has 0 bridgehead atoms. The summed E-state index contributed by atoms with van der Waals surface area (Å²) in [5.74, 6) is -0.394. The topological polar surface area (TPSA) is 66.6 Å². The summed E-state index contributed by atoms with van der Waals surface area (Å²) in [4.78, 5) is 13.3. The van der Waals surface area contributed by atoms with Crippen LogP contribution in [0.25, 0.3) is 0 Å². The second-order valence-electron chi connectivity index (χ2n) is 5.23. The molecule has 0 radical (unpaired) electrons. The molecule has 1 fully saturated rings. The fourth-order valence-electron chi connectivity index (χ4n) is 2.39. The molecule has 18 heavy (non-hydrogen) atoms. The van der Waals surface area contributed by atoms with E-state index in [4.69, 9.17) is 5.73 Å². The van der Waals surface area contributed by atoms with E-state index in [1.54, 1.807) is 6.07 Å². The molecule has 98 valence electrons. The van der Waals surface area contributed by atoms with Gasteiger partial charge in [0.1, 0.15) is 0 Å². The van der Waals surface area contributed by atoms with Crippen molar-refractivity contribution in [3.63, 3.8) is 0 Å². The van der Waals surface area contributed by atoms with Crippen molar-refractivity contribution in [3.05, 3.63) is 34.9 Å². The smallest absolute Gasteiger partial charge is 0.248 e. The van der Waals surface area contributed by atoms with E-state index in [1.807, 2.05) is 26.0 Å². The SMILES string of the molecule is CCC1(O)CN(Cc2ccc(C(N)=O)cc2C)C1. The van der Waals surface area contributed by atoms with Crippen LogP contribution < -0.4 is 5.73 Å². The minimum Gasteiger partial charge on any atom is -0.387 e. The lowest BCUT2D eigenvalue weighted by molar-refractivity contribution is -0.103. The standard InChI is InChI=1S/C14H20N2O2/c1-3-14(18)8-16(9-14)7-12-5-4-11(13(15)17)6-10(12)2/h4-6,18H,3,7-9H2,1-2H3,(H2,15,17). The molecule has 0 unspecified atom stereocenters. The minimum absolute atomic E-state index is 0.394. The molecule has 1 amide bonds. The fourth-order valence-corrected chi connectivity index (χ4v) is 2.39. The first-order valence-electron chi connectivity index (χ1n) is 6.27. The van der Waals surface area contributed by atoms with Gasteiger partial charge in [-0.25, -0.2) is 0 Å². The number of β-amino-alcohol motifs (C(OH)–C–C–N with tert-alkyl or cyclic N) is 1. The maximum atomic E-state index is 11.1. The normalized spacial score (nSPS) is 18.4.